The van der Waals surface area contributed by atoms with Crippen LogP contribution in [0.15, 0.2) is 151 Å². The van der Waals surface area contributed by atoms with Gasteiger partial charge in [-0.15, -0.1) is 5.11 Å². The Morgan fingerprint density at radius 2 is 1.02 bits per heavy atom. The second kappa shape index (κ2) is 68.7. The number of aromatic nitrogens is 1. The number of aliphatic hydroxyl groups is 4. The van der Waals surface area contributed by atoms with Crippen LogP contribution in [0.4, 0.5) is 10.6 Å². The number of carbonyl (C=O) groups is 10. The van der Waals surface area contributed by atoms with Gasteiger partial charge in [-0.2, -0.15) is 25.3 Å². The standard InChI is InChI=1S/C50H78N14O15.C18H15O9PS3.C8H20N4O6.3Na.Tc/c1-33(2)44(62-46(71)37(10-5-19-57-49(52)53)60-42(67)32-59-45(70)36(51)31-43(68)69)47(72)61-38(48(73)74)30-34-14-16-35(17-15-34)79-25-9-22-56-41(66)13-7-23-76-26-28-78-29-27-77-24-8-21-55-40(65)12-6-20-58-50(75)64-63-39-11-3-4-18-54-39;19-29(20,21)16-7-1-4-13(10-16)28(14-5-2-8-17(11-14)30(22,23)24)15-6-3-9-18(12-15)31(25,26)27;9-6(7(17)18)5(1-13)8(10-2-14,11-3-15)12-4-16;;;;/h3-4,11,14-18,33,36-38,44H,5-10,12-13,19-32,51H2,1-2H3,(H,55,65)(H,56,66)(H,58,75)(H,59,70)(H,60,67)(H,61,72)(H,62,71)(H,68,69)(H,73,74)(H4,52,53,57);1-12H,(H,19,20,21)(H,22,23,24)(H,25,26,27);5-6,10-16H,1-4,9H2,(H,17,18);;;;/q;;;3*+1;+4/b64-63+;;;;;;/t36-,37-,38+,44-;;;;;;/m0....../s1/i;;;;;;1+1. The van der Waals surface area contributed by atoms with Crippen LogP contribution in [0.3, 0.4) is 0 Å². The molecular weight excluding hydrogens is 1940 g/mol. The SMILES string of the molecule is CC(C)[C@H](NC(=O)[C@H](CCCN=C(N)N)NC(=O)CNC(=O)[C@@H](N)CC(=O)O)C(=O)N[C@H](Cc1ccc(OCCCNC(=O)CCCOCCOCCOCCCNC(=O)CCCNC(=O)/N=N/c2ccccn2)cc1)C(=O)O.NC(C(=O)O)C(CO)C(NCO)(NCO)NCO.O=S(=O)(O)c1cccc(P(c2cccc(S(=O)(=O)O)c2)c2cccc(S(=O)(=O)O)c2)c1.[99Tc+4].[Na+].[Na+].[Na+]. The Morgan fingerprint density at radius 1 is 0.530 bits per heavy atom. The van der Waals surface area contributed by atoms with Crippen LogP contribution in [-0.4, -0.2) is 287 Å². The molecule has 0 fully saturated rings. The molecule has 713 valence electrons. The summed E-state index contributed by atoms with van der Waals surface area (Å²) in [7, 11) is -15.4. The quantitative estimate of drug-likeness (QED) is 0.00251. The van der Waals surface area contributed by atoms with Gasteiger partial charge in [-0.25, -0.2) is 14.6 Å². The second-order valence-corrected chi connectivity index (χ2v) is 34.1. The number of aliphatic imine (C=N–C) groups is 1. The van der Waals surface area contributed by atoms with Crippen molar-refractivity contribution in [3.8, 4) is 5.75 Å². The van der Waals surface area contributed by atoms with Crippen molar-refractivity contribution < 1.29 is 250 Å². The number of urea groups is 1. The van der Waals surface area contributed by atoms with Crippen molar-refractivity contribution in [2.24, 2.45) is 50.0 Å². The Bertz CT molecular complexity index is 4600. The molecular formula is C76H113N18Na3O30PS3Tc+7. The van der Waals surface area contributed by atoms with Gasteiger partial charge < -0.3 is 115 Å². The van der Waals surface area contributed by atoms with Crippen LogP contribution in [0.2, 0.25) is 0 Å². The smallest absolute Gasteiger partial charge is 0.494 e. The van der Waals surface area contributed by atoms with Gasteiger partial charge in [-0.1, -0.05) is 73.6 Å². The minimum absolute atomic E-state index is 0. The fourth-order valence-electron chi connectivity index (χ4n) is 11.2. The normalized spacial score (nSPS) is 12.6. The number of pyridine rings is 1. The summed E-state index contributed by atoms with van der Waals surface area (Å²) < 4.78 is 120. The molecule has 0 saturated heterocycles. The van der Waals surface area contributed by atoms with Crippen molar-refractivity contribution in [1.82, 2.24) is 58.2 Å². The Balaban J connectivity index is 0. The largest absolute Gasteiger partial charge is 4.00 e. The van der Waals surface area contributed by atoms with Crippen LogP contribution in [-0.2, 0) is 114 Å². The number of aliphatic carboxylic acids is 3. The van der Waals surface area contributed by atoms with Gasteiger partial charge in [0.25, 0.3) is 30.4 Å². The van der Waals surface area contributed by atoms with E-state index in [4.69, 9.17) is 67.4 Å². The van der Waals surface area contributed by atoms with Crippen LogP contribution in [0, 0.1) is 11.8 Å². The fraction of sp³-hybridized carbons (Fsp3) is 0.474. The van der Waals surface area contributed by atoms with Gasteiger partial charge in [0, 0.05) is 64.9 Å². The molecule has 48 nitrogen and oxygen atoms in total. The molecule has 0 spiro atoms. The molecule has 28 N–H and O–H groups in total. The number of nitrogens with two attached hydrogens (primary N) is 4. The van der Waals surface area contributed by atoms with Gasteiger partial charge in [-0.3, -0.25) is 73.0 Å². The number of guanidine groups is 1. The molecule has 5 rings (SSSR count). The topological polar surface area (TPSA) is 787 Å². The number of carbonyl (C=O) groups excluding carboxylic acids is 7. The molecule has 6 atom stereocenters. The molecule has 5 aromatic rings. The minimum atomic E-state index is -4.55. The molecule has 56 heteroatoms. The first-order chi connectivity index (χ1) is 60.6. The monoisotopic (exact) mass is 2050 g/mol. The van der Waals surface area contributed by atoms with Crippen LogP contribution in [0.5, 0.6) is 5.75 Å². The Morgan fingerprint density at radius 3 is 1.46 bits per heavy atom. The summed E-state index contributed by atoms with van der Waals surface area (Å²) in [5.41, 5.74) is 22.3. The summed E-state index contributed by atoms with van der Waals surface area (Å²) >= 11 is 0. The van der Waals surface area contributed by atoms with E-state index in [0.717, 1.165) is 18.2 Å². The van der Waals surface area contributed by atoms with Crippen molar-refractivity contribution in [3.05, 3.63) is 127 Å². The Kier molecular flexibility index (Phi) is 66.0. The third kappa shape index (κ3) is 51.6. The average molecular weight is 2050 g/mol. The van der Waals surface area contributed by atoms with E-state index in [1.54, 1.807) is 62.5 Å². The number of hydrogen-bond donors (Lipinski definition) is 24. The number of carboxylic acid groups (broad SMARTS) is 3. The molecule has 1 radical (unpaired) electrons. The number of benzene rings is 4. The van der Waals surface area contributed by atoms with E-state index in [2.05, 4.69) is 73.4 Å². The first-order valence-electron chi connectivity index (χ1n) is 39.3. The zero-order valence-electron chi connectivity index (χ0n) is 73.3. The van der Waals surface area contributed by atoms with Crippen molar-refractivity contribution in [1.29, 1.82) is 0 Å². The molecule has 0 aliphatic carbocycles. The molecule has 132 heavy (non-hydrogen) atoms. The van der Waals surface area contributed by atoms with E-state index in [1.807, 2.05) is 0 Å². The molecule has 1 aromatic heterocycles. The predicted octanol–water partition coefficient (Wildman–Crippen LogP) is -13.2. The first-order valence-corrected chi connectivity index (χ1v) is 45.0. The molecule has 2 unspecified atom stereocenters. The Hall–Kier alpha value is -7.27. The van der Waals surface area contributed by atoms with Crippen LogP contribution < -0.4 is 185 Å². The van der Waals surface area contributed by atoms with Gasteiger partial charge in [-0.05, 0) is 135 Å². The summed E-state index contributed by atoms with van der Waals surface area (Å²) in [4.78, 5) is 128. The number of hydrogen-bond acceptors (Lipinski definition) is 32. The molecule has 1 heterocycles. The van der Waals surface area contributed by atoms with Gasteiger partial charge in [0.2, 0.25) is 35.4 Å². The van der Waals surface area contributed by atoms with E-state index in [9.17, 15) is 97.1 Å². The second-order valence-electron chi connectivity index (χ2n) is 27.6. The van der Waals surface area contributed by atoms with Gasteiger partial charge in [0.15, 0.2) is 11.8 Å². The first kappa shape index (κ1) is 127. The average Bonchev–Trinajstić information content (AvgIpc) is 0.775. The van der Waals surface area contributed by atoms with Gasteiger partial charge in [0.1, 0.15) is 35.7 Å². The van der Waals surface area contributed by atoms with Crippen molar-refractivity contribution in [2.45, 2.75) is 129 Å². The Labute approximate surface area is 843 Å². The molecule has 0 bridgehead atoms. The summed E-state index contributed by atoms with van der Waals surface area (Å²) in [5.74, 6) is -10.3. The van der Waals surface area contributed by atoms with E-state index in [1.165, 1.54) is 54.6 Å². The molecule has 0 aliphatic rings. The van der Waals surface area contributed by atoms with E-state index < -0.39 is 188 Å². The number of azo groups is 1. The zero-order chi connectivity index (χ0) is 95.4. The van der Waals surface area contributed by atoms with E-state index in [0.29, 0.717) is 111 Å². The molecule has 0 aliphatic heterocycles. The number of amides is 8. The van der Waals surface area contributed by atoms with Gasteiger partial charge in [0.05, 0.1) is 99.4 Å². The van der Waals surface area contributed by atoms with Crippen LogP contribution >= 0.6 is 7.92 Å². The third-order valence-corrected chi connectivity index (χ3v) is 22.5. The summed E-state index contributed by atoms with van der Waals surface area (Å²) in [6.45, 7) is 3.99. The zero-order valence-corrected chi connectivity index (χ0v) is 84.5. The van der Waals surface area contributed by atoms with Gasteiger partial charge >= 0.3 is 133 Å². The van der Waals surface area contributed by atoms with Crippen LogP contribution in [0.1, 0.15) is 77.2 Å². The van der Waals surface area contributed by atoms with Crippen molar-refractivity contribution in [2.75, 3.05) is 106 Å². The van der Waals surface area contributed by atoms with Crippen molar-refractivity contribution >= 4 is 125 Å². The maximum Gasteiger partial charge on any atom is 4.00 e. The third-order valence-electron chi connectivity index (χ3n) is 17.5. The van der Waals surface area contributed by atoms with Crippen molar-refractivity contribution in [3.63, 3.8) is 0 Å². The number of rotatable bonds is 58. The number of carboxylic acids is 3. The number of ether oxygens (including phenoxy) is 4. The fourth-order valence-corrected chi connectivity index (χ4v) is 15.4. The van der Waals surface area contributed by atoms with E-state index in [-0.39, 0.29) is 178 Å². The summed E-state index contributed by atoms with van der Waals surface area (Å²) in [6, 6.07) is 20.0. The number of nitrogens with zero attached hydrogens (tertiary/aromatic N) is 4. The minimum Gasteiger partial charge on any atom is -0.494 e. The molecule has 8 amide bonds. The molecule has 0 saturated carbocycles. The number of nitrogens with one attached hydrogen (secondary N) is 10. The summed E-state index contributed by atoms with van der Waals surface area (Å²) in [5, 5.41) is 97.1. The maximum absolute atomic E-state index is 13.5. The molecule has 4 aromatic carbocycles. The van der Waals surface area contributed by atoms with E-state index >= 15 is 0 Å². The number of aliphatic hydroxyl groups excluding tert-OH is 4. The summed E-state index contributed by atoms with van der Waals surface area (Å²) in [6.07, 6.45) is 3.63. The maximum atomic E-state index is 13.5. The predicted molar refractivity (Wildman–Crippen MR) is 460 cm³/mol. The van der Waals surface area contributed by atoms with Crippen LogP contribution in [0.25, 0.3) is 0 Å².